The number of rotatable bonds is 7. The van der Waals surface area contributed by atoms with Gasteiger partial charge in [0.25, 0.3) is 0 Å². The van der Waals surface area contributed by atoms with Gasteiger partial charge < -0.3 is 9.73 Å². The third-order valence-corrected chi connectivity index (χ3v) is 5.32. The maximum absolute atomic E-state index is 13.8. The van der Waals surface area contributed by atoms with Crippen molar-refractivity contribution in [3.05, 3.63) is 89.8 Å². The van der Waals surface area contributed by atoms with Gasteiger partial charge in [0, 0.05) is 35.8 Å². The summed E-state index contributed by atoms with van der Waals surface area (Å²) >= 11 is 1.51. The molecule has 29 heavy (non-hydrogen) atoms. The Morgan fingerprint density at radius 1 is 1.00 bits per heavy atom. The van der Waals surface area contributed by atoms with E-state index in [1.54, 1.807) is 24.5 Å². The summed E-state index contributed by atoms with van der Waals surface area (Å²) in [6.45, 7) is 2.24. The number of nitrogens with zero attached hydrogens (tertiary/aromatic N) is 3. The maximum atomic E-state index is 13.8. The number of hydrogen-bond acceptors (Lipinski definition) is 6. The molecule has 2 aromatic carbocycles. The number of aryl methyl sites for hydroxylation is 1. The molecule has 0 aliphatic carbocycles. The Hall–Kier alpha value is -3.19. The monoisotopic (exact) mass is 406 g/mol. The maximum Gasteiger partial charge on any atom is 0.226 e. The first kappa shape index (κ1) is 19.1. The van der Waals surface area contributed by atoms with E-state index in [9.17, 15) is 4.39 Å². The lowest BCUT2D eigenvalue weighted by atomic mass is 10.2. The summed E-state index contributed by atoms with van der Waals surface area (Å²) in [5, 5.41) is 3.90. The molecule has 7 heteroatoms. The van der Waals surface area contributed by atoms with E-state index in [2.05, 4.69) is 20.3 Å². The first-order chi connectivity index (χ1) is 14.2. The molecule has 0 saturated heterocycles. The highest BCUT2D eigenvalue weighted by Crippen LogP contribution is 2.29. The van der Waals surface area contributed by atoms with E-state index in [4.69, 9.17) is 4.42 Å². The molecule has 4 aromatic rings. The Morgan fingerprint density at radius 3 is 2.59 bits per heavy atom. The Kier molecular flexibility index (Phi) is 5.86. The molecule has 0 bridgehead atoms. The van der Waals surface area contributed by atoms with Crippen LogP contribution in [0.2, 0.25) is 0 Å². The van der Waals surface area contributed by atoms with Crippen LogP contribution in [0.1, 0.15) is 17.0 Å². The molecular weight excluding hydrogens is 387 g/mol. The van der Waals surface area contributed by atoms with Crippen LogP contribution in [-0.4, -0.2) is 15.0 Å². The minimum Gasteiger partial charge on any atom is -0.441 e. The van der Waals surface area contributed by atoms with Gasteiger partial charge in [-0.2, -0.15) is 0 Å². The highest BCUT2D eigenvalue weighted by Gasteiger charge is 2.14. The van der Waals surface area contributed by atoms with E-state index >= 15 is 0 Å². The first-order valence-corrected chi connectivity index (χ1v) is 10.1. The van der Waals surface area contributed by atoms with Crippen molar-refractivity contribution in [3.8, 4) is 11.5 Å². The molecular formula is C22H19FN4OS. The molecule has 0 fully saturated rings. The Balaban J connectivity index is 1.46. The van der Waals surface area contributed by atoms with Gasteiger partial charge in [-0.15, -0.1) is 0 Å². The van der Waals surface area contributed by atoms with E-state index in [1.807, 2.05) is 43.3 Å². The van der Waals surface area contributed by atoms with Crippen molar-refractivity contribution in [1.82, 2.24) is 15.0 Å². The summed E-state index contributed by atoms with van der Waals surface area (Å²) in [4.78, 5) is 13.4. The minimum atomic E-state index is -0.246. The lowest BCUT2D eigenvalue weighted by Gasteiger charge is -2.09. The molecule has 5 nitrogen and oxygen atoms in total. The fourth-order valence-electron chi connectivity index (χ4n) is 2.78. The van der Waals surface area contributed by atoms with Gasteiger partial charge in [0.05, 0.1) is 5.69 Å². The zero-order chi connectivity index (χ0) is 20.1. The molecule has 0 aliphatic rings. The third kappa shape index (κ3) is 4.63. The van der Waals surface area contributed by atoms with Crippen molar-refractivity contribution < 1.29 is 8.81 Å². The predicted octanol–water partition coefficient (Wildman–Crippen LogP) is 5.48. The van der Waals surface area contributed by atoms with E-state index < -0.39 is 0 Å². The van der Waals surface area contributed by atoms with Gasteiger partial charge >= 0.3 is 0 Å². The lowest BCUT2D eigenvalue weighted by molar-refractivity contribution is 0.540. The molecule has 0 spiro atoms. The standard InChI is InChI=1S/C22H19FN4OS/c1-15-19(27-21(28-15)16-7-3-2-4-8-16)14-29-22-20(24-11-12-25-22)26-13-17-9-5-6-10-18(17)23/h2-12H,13-14H2,1H3,(H,24,26). The Labute approximate surface area is 172 Å². The fourth-order valence-corrected chi connectivity index (χ4v) is 3.71. The minimum absolute atomic E-state index is 0.246. The van der Waals surface area contributed by atoms with E-state index in [0.717, 1.165) is 22.0 Å². The van der Waals surface area contributed by atoms with Crippen LogP contribution in [-0.2, 0) is 12.3 Å². The van der Waals surface area contributed by atoms with Crippen molar-refractivity contribution in [2.45, 2.75) is 24.2 Å². The molecule has 2 heterocycles. The second-order valence-electron chi connectivity index (χ2n) is 6.33. The summed E-state index contributed by atoms with van der Waals surface area (Å²) in [5.74, 6) is 2.35. The molecule has 0 radical (unpaired) electrons. The van der Waals surface area contributed by atoms with Gasteiger partial charge in [-0.1, -0.05) is 48.2 Å². The van der Waals surface area contributed by atoms with Crippen LogP contribution in [0.4, 0.5) is 10.2 Å². The molecule has 2 aromatic heterocycles. The normalized spacial score (nSPS) is 10.8. The van der Waals surface area contributed by atoms with Crippen LogP contribution in [0.25, 0.3) is 11.5 Å². The molecule has 4 rings (SSSR count). The SMILES string of the molecule is Cc1oc(-c2ccccc2)nc1CSc1nccnc1NCc1ccccc1F. The van der Waals surface area contributed by atoms with Gasteiger partial charge in [0.1, 0.15) is 16.6 Å². The molecule has 0 unspecified atom stereocenters. The number of halogens is 1. The summed E-state index contributed by atoms with van der Waals surface area (Å²) in [7, 11) is 0. The number of thioether (sulfide) groups is 1. The van der Waals surface area contributed by atoms with E-state index in [1.165, 1.54) is 17.8 Å². The van der Waals surface area contributed by atoms with Gasteiger partial charge in [-0.3, -0.25) is 0 Å². The van der Waals surface area contributed by atoms with Gasteiger partial charge in [0.15, 0.2) is 5.82 Å². The van der Waals surface area contributed by atoms with E-state index in [-0.39, 0.29) is 5.82 Å². The van der Waals surface area contributed by atoms with Crippen LogP contribution in [0.15, 0.2) is 76.4 Å². The van der Waals surface area contributed by atoms with Crippen LogP contribution in [0, 0.1) is 12.7 Å². The summed E-state index contributed by atoms with van der Waals surface area (Å²) in [5.41, 5.74) is 2.38. The van der Waals surface area contributed by atoms with Crippen LogP contribution < -0.4 is 5.32 Å². The van der Waals surface area contributed by atoms with Gasteiger partial charge in [-0.25, -0.2) is 19.3 Å². The van der Waals surface area contributed by atoms with Crippen LogP contribution in [0.3, 0.4) is 0 Å². The average molecular weight is 406 g/mol. The summed E-state index contributed by atoms with van der Waals surface area (Å²) < 4.78 is 19.7. The number of nitrogens with one attached hydrogen (secondary N) is 1. The molecule has 146 valence electrons. The fraction of sp³-hybridized carbons (Fsp3) is 0.136. The highest BCUT2D eigenvalue weighted by molar-refractivity contribution is 7.98. The number of aromatic nitrogens is 3. The molecule has 0 atom stereocenters. The number of oxazole rings is 1. The van der Waals surface area contributed by atoms with Crippen molar-refractivity contribution in [2.75, 3.05) is 5.32 Å². The molecule has 0 saturated carbocycles. The summed E-state index contributed by atoms with van der Waals surface area (Å²) in [6, 6.07) is 16.5. The van der Waals surface area contributed by atoms with Gasteiger partial charge in [-0.05, 0) is 25.1 Å². The number of anilines is 1. The van der Waals surface area contributed by atoms with Gasteiger partial charge in [0.2, 0.25) is 5.89 Å². The largest absolute Gasteiger partial charge is 0.441 e. The highest BCUT2D eigenvalue weighted by atomic mass is 32.2. The Bertz CT molecular complexity index is 1100. The zero-order valence-electron chi connectivity index (χ0n) is 15.8. The number of hydrogen-bond donors (Lipinski definition) is 1. The van der Waals surface area contributed by atoms with Crippen molar-refractivity contribution in [2.24, 2.45) is 0 Å². The second kappa shape index (κ2) is 8.87. The quantitative estimate of drug-likeness (QED) is 0.410. The van der Waals surface area contributed by atoms with Crippen molar-refractivity contribution in [1.29, 1.82) is 0 Å². The van der Waals surface area contributed by atoms with Crippen molar-refractivity contribution in [3.63, 3.8) is 0 Å². The zero-order valence-corrected chi connectivity index (χ0v) is 16.6. The third-order valence-electron chi connectivity index (χ3n) is 4.33. The Morgan fingerprint density at radius 2 is 1.76 bits per heavy atom. The molecule has 0 amide bonds. The topological polar surface area (TPSA) is 63.8 Å². The lowest BCUT2D eigenvalue weighted by Crippen LogP contribution is -2.05. The average Bonchev–Trinajstić information content (AvgIpc) is 3.13. The second-order valence-corrected chi connectivity index (χ2v) is 7.30. The van der Waals surface area contributed by atoms with Crippen molar-refractivity contribution >= 4 is 17.6 Å². The molecule has 1 N–H and O–H groups in total. The predicted molar refractivity (Wildman–Crippen MR) is 112 cm³/mol. The smallest absolute Gasteiger partial charge is 0.226 e. The number of benzene rings is 2. The van der Waals surface area contributed by atoms with Crippen LogP contribution >= 0.6 is 11.8 Å². The summed E-state index contributed by atoms with van der Waals surface area (Å²) in [6.07, 6.45) is 3.25. The molecule has 0 aliphatic heterocycles. The van der Waals surface area contributed by atoms with E-state index in [0.29, 0.717) is 29.6 Å². The first-order valence-electron chi connectivity index (χ1n) is 9.13. The van der Waals surface area contributed by atoms with Crippen LogP contribution in [0.5, 0.6) is 0 Å².